The number of hydrogen-bond donors (Lipinski definition) is 2. The van der Waals surface area contributed by atoms with Crippen LogP contribution in [0.5, 0.6) is 5.75 Å². The highest BCUT2D eigenvalue weighted by molar-refractivity contribution is 5.62. The first-order valence-electron chi connectivity index (χ1n) is 8.81. The molecule has 3 aromatic rings. The average Bonchev–Trinajstić information content (AvgIpc) is 2.69. The van der Waals surface area contributed by atoms with Gasteiger partial charge in [-0.25, -0.2) is 13.2 Å². The Bertz CT molecular complexity index is 1170. The van der Waals surface area contributed by atoms with Crippen molar-refractivity contribution in [1.29, 1.82) is 0 Å². The summed E-state index contributed by atoms with van der Waals surface area (Å²) in [5.41, 5.74) is 6.62. The molecule has 3 rings (SSSR count). The predicted octanol–water partition coefficient (Wildman–Crippen LogP) is 3.70. The van der Waals surface area contributed by atoms with E-state index in [0.29, 0.717) is 11.4 Å². The Morgan fingerprint density at radius 1 is 1.23 bits per heavy atom. The van der Waals surface area contributed by atoms with Crippen molar-refractivity contribution in [3.63, 3.8) is 0 Å². The van der Waals surface area contributed by atoms with E-state index in [-0.39, 0.29) is 29.3 Å². The zero-order chi connectivity index (χ0) is 22.0. The fraction of sp³-hybridized carbons (Fsp3) is 0.143. The van der Waals surface area contributed by atoms with Crippen LogP contribution < -0.4 is 21.3 Å². The lowest BCUT2D eigenvalue weighted by Gasteiger charge is -2.17. The Morgan fingerprint density at radius 3 is 2.47 bits per heavy atom. The lowest BCUT2D eigenvalue weighted by atomic mass is 10.2. The number of aromatic nitrogens is 2. The van der Waals surface area contributed by atoms with E-state index in [4.69, 9.17) is 10.5 Å². The van der Waals surface area contributed by atoms with Crippen molar-refractivity contribution in [3.05, 3.63) is 87.6 Å². The Kier molecular flexibility index (Phi) is 5.81. The number of rotatable bonds is 6. The summed E-state index contributed by atoms with van der Waals surface area (Å²) in [5.74, 6) is -3.44. The summed E-state index contributed by atoms with van der Waals surface area (Å²) in [4.78, 5) is 16.3. The van der Waals surface area contributed by atoms with E-state index < -0.39 is 23.0 Å². The first kappa shape index (κ1) is 21.0. The molecule has 6 nitrogen and oxygen atoms in total. The standard InChI is InChI=1S/C21H19F3N4O2/c1-11-6-14(30-3)4-5-18(11)26-21-27-20(29)15(12(2)25)10-28(21)9-13-7-16(22)19(24)17(23)8-13/h4-8,10H,2,9,25H2,1,3H3,(H,26,27,29). The normalized spacial score (nSPS) is 10.7. The molecular formula is C21H19F3N4O2. The lowest BCUT2D eigenvalue weighted by molar-refractivity contribution is 0.414. The van der Waals surface area contributed by atoms with Crippen LogP contribution in [-0.2, 0) is 6.54 Å². The van der Waals surface area contributed by atoms with Crippen molar-refractivity contribution < 1.29 is 17.9 Å². The molecule has 1 heterocycles. The van der Waals surface area contributed by atoms with Crippen LogP contribution in [0.25, 0.3) is 5.70 Å². The van der Waals surface area contributed by atoms with Gasteiger partial charge in [-0.1, -0.05) is 6.58 Å². The SMILES string of the molecule is C=C(N)c1cn(Cc2cc(F)c(F)c(F)c2)c(Nc2ccc(OC)cc2C)nc1=O. The van der Waals surface area contributed by atoms with E-state index in [0.717, 1.165) is 17.7 Å². The number of hydrogen-bond acceptors (Lipinski definition) is 5. The van der Waals surface area contributed by atoms with Crippen molar-refractivity contribution in [1.82, 2.24) is 9.55 Å². The second kappa shape index (κ2) is 8.32. The van der Waals surface area contributed by atoms with Gasteiger partial charge in [-0.15, -0.1) is 0 Å². The topological polar surface area (TPSA) is 82.2 Å². The molecule has 0 saturated carbocycles. The highest BCUT2D eigenvalue weighted by atomic mass is 19.2. The highest BCUT2D eigenvalue weighted by Gasteiger charge is 2.15. The average molecular weight is 416 g/mol. The molecule has 1 aromatic heterocycles. The van der Waals surface area contributed by atoms with Crippen LogP contribution in [0, 0.1) is 24.4 Å². The van der Waals surface area contributed by atoms with Gasteiger partial charge >= 0.3 is 0 Å². The minimum Gasteiger partial charge on any atom is -0.497 e. The van der Waals surface area contributed by atoms with Gasteiger partial charge in [0.15, 0.2) is 17.5 Å². The molecule has 0 radical (unpaired) electrons. The third-order valence-electron chi connectivity index (χ3n) is 4.42. The summed E-state index contributed by atoms with van der Waals surface area (Å²) in [6, 6.07) is 6.98. The first-order chi connectivity index (χ1) is 14.2. The molecule has 0 bridgehead atoms. The van der Waals surface area contributed by atoms with Gasteiger partial charge in [0.05, 0.1) is 19.2 Å². The van der Waals surface area contributed by atoms with Crippen LogP contribution in [-0.4, -0.2) is 16.7 Å². The Morgan fingerprint density at radius 2 is 1.90 bits per heavy atom. The molecule has 0 saturated heterocycles. The quantitative estimate of drug-likeness (QED) is 0.599. The van der Waals surface area contributed by atoms with Crippen LogP contribution in [0.1, 0.15) is 16.7 Å². The molecule has 0 unspecified atom stereocenters. The van der Waals surface area contributed by atoms with Gasteiger partial charge in [0, 0.05) is 17.6 Å². The van der Waals surface area contributed by atoms with Gasteiger partial charge in [0.2, 0.25) is 5.95 Å². The maximum absolute atomic E-state index is 13.6. The fourth-order valence-corrected chi connectivity index (χ4v) is 2.85. The van der Waals surface area contributed by atoms with E-state index in [1.165, 1.54) is 10.8 Å². The molecule has 0 aliphatic heterocycles. The van der Waals surface area contributed by atoms with Gasteiger partial charge in [-0.05, 0) is 48.4 Å². The van der Waals surface area contributed by atoms with Gasteiger partial charge in [-0.2, -0.15) is 4.98 Å². The Hall–Kier alpha value is -3.75. The minimum absolute atomic E-state index is 0.00936. The van der Waals surface area contributed by atoms with E-state index in [1.54, 1.807) is 25.3 Å². The van der Waals surface area contributed by atoms with E-state index in [1.807, 2.05) is 6.92 Å². The molecule has 9 heteroatoms. The molecule has 0 fully saturated rings. The lowest BCUT2D eigenvalue weighted by Crippen LogP contribution is -2.22. The van der Waals surface area contributed by atoms with Crippen molar-refractivity contribution >= 4 is 17.3 Å². The van der Waals surface area contributed by atoms with Crippen LogP contribution in [0.4, 0.5) is 24.8 Å². The number of halogens is 3. The van der Waals surface area contributed by atoms with Gasteiger partial charge in [-0.3, -0.25) is 4.79 Å². The van der Waals surface area contributed by atoms with E-state index in [2.05, 4.69) is 16.9 Å². The monoisotopic (exact) mass is 416 g/mol. The smallest absolute Gasteiger partial charge is 0.283 e. The van der Waals surface area contributed by atoms with Gasteiger partial charge < -0.3 is 20.4 Å². The number of nitrogens with one attached hydrogen (secondary N) is 1. The van der Waals surface area contributed by atoms with Crippen LogP contribution in [0.2, 0.25) is 0 Å². The predicted molar refractivity (Wildman–Crippen MR) is 108 cm³/mol. The molecule has 0 aliphatic carbocycles. The fourth-order valence-electron chi connectivity index (χ4n) is 2.85. The third kappa shape index (κ3) is 4.29. The summed E-state index contributed by atoms with van der Waals surface area (Å²) >= 11 is 0. The second-order valence-electron chi connectivity index (χ2n) is 6.62. The number of nitrogens with two attached hydrogens (primary N) is 1. The number of methoxy groups -OCH3 is 1. The first-order valence-corrected chi connectivity index (χ1v) is 8.81. The number of nitrogens with zero attached hydrogens (tertiary/aromatic N) is 2. The summed E-state index contributed by atoms with van der Waals surface area (Å²) in [5, 5.41) is 3.02. The summed E-state index contributed by atoms with van der Waals surface area (Å²) in [6.07, 6.45) is 1.37. The largest absolute Gasteiger partial charge is 0.497 e. The highest BCUT2D eigenvalue weighted by Crippen LogP contribution is 2.24. The minimum atomic E-state index is -1.56. The van der Waals surface area contributed by atoms with Crippen LogP contribution in [0.15, 0.2) is 47.9 Å². The number of aryl methyl sites for hydroxylation is 1. The summed E-state index contributed by atoms with van der Waals surface area (Å²) in [7, 11) is 1.54. The molecule has 3 N–H and O–H groups in total. The summed E-state index contributed by atoms with van der Waals surface area (Å²) in [6.45, 7) is 5.26. The zero-order valence-electron chi connectivity index (χ0n) is 16.3. The molecular weight excluding hydrogens is 397 g/mol. The molecule has 30 heavy (non-hydrogen) atoms. The maximum Gasteiger partial charge on any atom is 0.283 e. The van der Waals surface area contributed by atoms with Crippen molar-refractivity contribution in [2.75, 3.05) is 12.4 Å². The van der Waals surface area contributed by atoms with E-state index >= 15 is 0 Å². The molecule has 2 aromatic carbocycles. The Labute approximate surface area is 170 Å². The Balaban J connectivity index is 2.07. The summed E-state index contributed by atoms with van der Waals surface area (Å²) < 4.78 is 47.2. The number of anilines is 2. The van der Waals surface area contributed by atoms with Crippen LogP contribution in [0.3, 0.4) is 0 Å². The van der Waals surface area contributed by atoms with Gasteiger partial charge in [0.1, 0.15) is 5.75 Å². The molecule has 156 valence electrons. The second-order valence-corrected chi connectivity index (χ2v) is 6.62. The zero-order valence-corrected chi connectivity index (χ0v) is 16.3. The van der Waals surface area contributed by atoms with Crippen molar-refractivity contribution in [2.45, 2.75) is 13.5 Å². The maximum atomic E-state index is 13.6. The molecule has 0 spiro atoms. The van der Waals surface area contributed by atoms with Crippen molar-refractivity contribution in [3.8, 4) is 5.75 Å². The molecule has 0 aliphatic rings. The number of ether oxygens (including phenoxy) is 1. The van der Waals surface area contributed by atoms with Gasteiger partial charge in [0.25, 0.3) is 5.56 Å². The third-order valence-corrected chi connectivity index (χ3v) is 4.42. The molecule has 0 amide bonds. The van der Waals surface area contributed by atoms with Crippen LogP contribution >= 0.6 is 0 Å². The number of benzene rings is 2. The van der Waals surface area contributed by atoms with Crippen molar-refractivity contribution in [2.24, 2.45) is 5.73 Å². The van der Waals surface area contributed by atoms with E-state index in [9.17, 15) is 18.0 Å². The molecule has 0 atom stereocenters.